The van der Waals surface area contributed by atoms with Gasteiger partial charge < -0.3 is 9.88 Å². The first-order chi connectivity index (χ1) is 13.2. The molecule has 0 bridgehead atoms. The lowest BCUT2D eigenvalue weighted by Gasteiger charge is -2.10. The summed E-state index contributed by atoms with van der Waals surface area (Å²) in [4.78, 5) is 21.1. The number of amides is 1. The van der Waals surface area contributed by atoms with E-state index >= 15 is 0 Å². The van der Waals surface area contributed by atoms with Crippen molar-refractivity contribution < 1.29 is 4.79 Å². The molecular formula is C21H20N4OS. The van der Waals surface area contributed by atoms with Crippen molar-refractivity contribution in [2.45, 2.75) is 19.4 Å². The van der Waals surface area contributed by atoms with Crippen LogP contribution < -0.4 is 5.32 Å². The third-order valence-electron chi connectivity index (χ3n) is 4.44. The zero-order chi connectivity index (χ0) is 18.6. The molecule has 1 unspecified atom stereocenters. The zero-order valence-corrected chi connectivity index (χ0v) is 15.8. The second-order valence-corrected chi connectivity index (χ2v) is 7.63. The molecule has 0 saturated carbocycles. The van der Waals surface area contributed by atoms with Crippen molar-refractivity contribution in [2.75, 3.05) is 6.54 Å². The SMILES string of the molecule is CC(CNC(=O)c1ccc(Cn2ccnc2)cc1)c1nc2ccccc2s1. The standard InChI is InChI=1S/C21H20N4OS/c1-15(21-24-18-4-2-3-5-19(18)27-21)12-23-20(26)17-8-6-16(7-9-17)13-25-11-10-22-14-25/h2-11,14-15H,12-13H2,1H3,(H,23,26). The monoisotopic (exact) mass is 376 g/mol. The van der Waals surface area contributed by atoms with E-state index in [4.69, 9.17) is 0 Å². The molecule has 2 aromatic carbocycles. The van der Waals surface area contributed by atoms with Crippen LogP contribution in [0.4, 0.5) is 0 Å². The summed E-state index contributed by atoms with van der Waals surface area (Å²) in [7, 11) is 0. The van der Waals surface area contributed by atoms with E-state index in [9.17, 15) is 4.79 Å². The van der Waals surface area contributed by atoms with Gasteiger partial charge in [-0.15, -0.1) is 11.3 Å². The summed E-state index contributed by atoms with van der Waals surface area (Å²) in [6.07, 6.45) is 5.46. The summed E-state index contributed by atoms with van der Waals surface area (Å²) in [6, 6.07) is 15.8. The average Bonchev–Trinajstić information content (AvgIpc) is 3.36. The molecule has 6 heteroatoms. The molecule has 27 heavy (non-hydrogen) atoms. The normalized spacial score (nSPS) is 12.2. The molecule has 0 fully saturated rings. The predicted octanol–water partition coefficient (Wildman–Crippen LogP) is 4.07. The summed E-state index contributed by atoms with van der Waals surface area (Å²) in [5.74, 6) is 0.115. The van der Waals surface area contributed by atoms with Crippen molar-refractivity contribution in [3.05, 3.63) is 83.4 Å². The summed E-state index contributed by atoms with van der Waals surface area (Å²) in [6.45, 7) is 3.40. The number of para-hydroxylation sites is 1. The Labute approximate surface area is 161 Å². The number of carbonyl (C=O) groups is 1. The molecule has 0 radical (unpaired) electrons. The van der Waals surface area contributed by atoms with E-state index < -0.39 is 0 Å². The van der Waals surface area contributed by atoms with E-state index in [0.29, 0.717) is 12.1 Å². The lowest BCUT2D eigenvalue weighted by Crippen LogP contribution is -2.27. The zero-order valence-electron chi connectivity index (χ0n) is 15.0. The highest BCUT2D eigenvalue weighted by Gasteiger charge is 2.13. The molecule has 2 aromatic heterocycles. The number of nitrogens with zero attached hydrogens (tertiary/aromatic N) is 3. The first kappa shape index (κ1) is 17.4. The molecule has 5 nitrogen and oxygen atoms in total. The molecule has 0 saturated heterocycles. The van der Waals surface area contributed by atoms with Crippen molar-refractivity contribution in [1.29, 1.82) is 0 Å². The smallest absolute Gasteiger partial charge is 0.251 e. The average molecular weight is 376 g/mol. The predicted molar refractivity (Wildman–Crippen MR) is 108 cm³/mol. The molecule has 0 aliphatic heterocycles. The van der Waals surface area contributed by atoms with Crippen molar-refractivity contribution in [3.8, 4) is 0 Å². The van der Waals surface area contributed by atoms with Crippen LogP contribution in [0.1, 0.15) is 33.8 Å². The molecule has 4 rings (SSSR count). The molecule has 1 N–H and O–H groups in total. The third kappa shape index (κ3) is 4.06. The minimum absolute atomic E-state index is 0.0582. The number of nitrogens with one attached hydrogen (secondary N) is 1. The molecule has 0 aliphatic carbocycles. The van der Waals surface area contributed by atoms with Crippen LogP contribution in [0.15, 0.2) is 67.3 Å². The fourth-order valence-electron chi connectivity index (χ4n) is 2.89. The van der Waals surface area contributed by atoms with Crippen LogP contribution in [0.3, 0.4) is 0 Å². The first-order valence-corrected chi connectivity index (χ1v) is 9.69. The quantitative estimate of drug-likeness (QED) is 0.552. The van der Waals surface area contributed by atoms with Gasteiger partial charge in [0.2, 0.25) is 0 Å². The fourth-order valence-corrected chi connectivity index (χ4v) is 3.91. The number of fused-ring (bicyclic) bond motifs is 1. The van der Waals surface area contributed by atoms with E-state index in [1.807, 2.05) is 53.2 Å². The van der Waals surface area contributed by atoms with Gasteiger partial charge in [-0.3, -0.25) is 4.79 Å². The third-order valence-corrected chi connectivity index (χ3v) is 5.71. The van der Waals surface area contributed by atoms with Crippen LogP contribution in [-0.2, 0) is 6.54 Å². The Morgan fingerprint density at radius 1 is 1.19 bits per heavy atom. The Bertz CT molecular complexity index is 1000. The maximum absolute atomic E-state index is 12.4. The minimum atomic E-state index is -0.0582. The Balaban J connectivity index is 1.35. The van der Waals surface area contributed by atoms with Gasteiger partial charge in [-0.1, -0.05) is 31.2 Å². The van der Waals surface area contributed by atoms with Gasteiger partial charge in [0.25, 0.3) is 5.91 Å². The lowest BCUT2D eigenvalue weighted by atomic mass is 10.1. The Morgan fingerprint density at radius 3 is 2.74 bits per heavy atom. The van der Waals surface area contributed by atoms with Gasteiger partial charge in [-0.2, -0.15) is 0 Å². The number of carbonyl (C=O) groups excluding carboxylic acids is 1. The molecule has 2 heterocycles. The number of rotatable bonds is 6. The lowest BCUT2D eigenvalue weighted by molar-refractivity contribution is 0.0951. The van der Waals surface area contributed by atoms with Crippen molar-refractivity contribution in [1.82, 2.24) is 19.9 Å². The second-order valence-electron chi connectivity index (χ2n) is 6.56. The highest BCUT2D eigenvalue weighted by atomic mass is 32.1. The molecule has 1 amide bonds. The van der Waals surface area contributed by atoms with Crippen LogP contribution in [0.2, 0.25) is 0 Å². The molecule has 0 aliphatic rings. The Hall–Kier alpha value is -2.99. The minimum Gasteiger partial charge on any atom is -0.351 e. The summed E-state index contributed by atoms with van der Waals surface area (Å²) >= 11 is 1.69. The Kier molecular flexibility index (Phi) is 4.98. The van der Waals surface area contributed by atoms with E-state index in [2.05, 4.69) is 28.3 Å². The van der Waals surface area contributed by atoms with Gasteiger partial charge in [0.15, 0.2) is 0 Å². The topological polar surface area (TPSA) is 59.8 Å². The highest BCUT2D eigenvalue weighted by molar-refractivity contribution is 7.18. The molecule has 136 valence electrons. The van der Waals surface area contributed by atoms with Crippen LogP contribution in [0.25, 0.3) is 10.2 Å². The Morgan fingerprint density at radius 2 is 2.00 bits per heavy atom. The summed E-state index contributed by atoms with van der Waals surface area (Å²) in [5.41, 5.74) is 2.82. The summed E-state index contributed by atoms with van der Waals surface area (Å²) < 4.78 is 3.17. The first-order valence-electron chi connectivity index (χ1n) is 8.87. The van der Waals surface area contributed by atoms with Gasteiger partial charge >= 0.3 is 0 Å². The molecule has 1 atom stereocenters. The van der Waals surface area contributed by atoms with Crippen LogP contribution in [0.5, 0.6) is 0 Å². The second kappa shape index (κ2) is 7.72. The van der Waals surface area contributed by atoms with Gasteiger partial charge in [-0.05, 0) is 29.8 Å². The number of hydrogen-bond acceptors (Lipinski definition) is 4. The molecular weight excluding hydrogens is 356 g/mol. The van der Waals surface area contributed by atoms with Gasteiger partial charge in [0, 0.05) is 37.0 Å². The van der Waals surface area contributed by atoms with Gasteiger partial charge in [0.05, 0.1) is 21.6 Å². The van der Waals surface area contributed by atoms with E-state index in [-0.39, 0.29) is 11.8 Å². The fraction of sp³-hybridized carbons (Fsp3) is 0.190. The van der Waals surface area contributed by atoms with Crippen molar-refractivity contribution in [2.24, 2.45) is 0 Å². The largest absolute Gasteiger partial charge is 0.351 e. The summed E-state index contributed by atoms with van der Waals surface area (Å²) in [5, 5.41) is 4.07. The molecule has 4 aromatic rings. The highest BCUT2D eigenvalue weighted by Crippen LogP contribution is 2.26. The van der Waals surface area contributed by atoms with Crippen LogP contribution >= 0.6 is 11.3 Å². The van der Waals surface area contributed by atoms with E-state index in [1.54, 1.807) is 23.9 Å². The number of hydrogen-bond donors (Lipinski definition) is 1. The van der Waals surface area contributed by atoms with Gasteiger partial charge in [-0.25, -0.2) is 9.97 Å². The van der Waals surface area contributed by atoms with E-state index in [0.717, 1.165) is 22.6 Å². The number of imidazole rings is 1. The van der Waals surface area contributed by atoms with Crippen LogP contribution in [-0.4, -0.2) is 27.0 Å². The van der Waals surface area contributed by atoms with Crippen LogP contribution in [0, 0.1) is 0 Å². The maximum atomic E-state index is 12.4. The number of thiazole rings is 1. The number of aromatic nitrogens is 3. The van der Waals surface area contributed by atoms with Gasteiger partial charge in [0.1, 0.15) is 0 Å². The molecule has 0 spiro atoms. The number of benzene rings is 2. The maximum Gasteiger partial charge on any atom is 0.251 e. The van der Waals surface area contributed by atoms with E-state index in [1.165, 1.54) is 4.70 Å². The van der Waals surface area contributed by atoms with Crippen molar-refractivity contribution in [3.63, 3.8) is 0 Å². The van der Waals surface area contributed by atoms with Crippen molar-refractivity contribution >= 4 is 27.5 Å².